The van der Waals surface area contributed by atoms with Gasteiger partial charge in [-0.2, -0.15) is 0 Å². The third-order valence-electron chi connectivity index (χ3n) is 2.06. The van der Waals surface area contributed by atoms with E-state index in [1.54, 1.807) is 0 Å². The van der Waals surface area contributed by atoms with Crippen molar-refractivity contribution < 1.29 is 9.47 Å². The van der Waals surface area contributed by atoms with Gasteiger partial charge in [-0.3, -0.25) is 0 Å². The van der Waals surface area contributed by atoms with E-state index in [-0.39, 0.29) is 0 Å². The molecule has 2 heteroatoms. The molecule has 2 nitrogen and oxygen atoms in total. The topological polar surface area (TPSA) is 18.5 Å². The molecule has 0 N–H and O–H groups in total. The first-order valence-electron chi connectivity index (χ1n) is 4.60. The van der Waals surface area contributed by atoms with Crippen molar-refractivity contribution in [2.24, 2.45) is 0 Å². The molecule has 1 fully saturated rings. The van der Waals surface area contributed by atoms with Gasteiger partial charge in [0.05, 0.1) is 18.8 Å². The second kappa shape index (κ2) is 4.73. The summed E-state index contributed by atoms with van der Waals surface area (Å²) in [6.07, 6.45) is 4.34. The minimum atomic E-state index is 0.372. The molecule has 0 bridgehead atoms. The normalized spacial score (nSPS) is 31.1. The van der Waals surface area contributed by atoms with Crippen LogP contribution in [0.2, 0.25) is 0 Å². The average Bonchev–Trinajstić information content (AvgIpc) is 2.38. The number of hydrogen-bond acceptors (Lipinski definition) is 2. The van der Waals surface area contributed by atoms with Crippen LogP contribution in [0.3, 0.4) is 0 Å². The zero-order valence-electron chi connectivity index (χ0n) is 7.51. The van der Waals surface area contributed by atoms with Crippen molar-refractivity contribution in [1.29, 1.82) is 0 Å². The fourth-order valence-corrected chi connectivity index (χ4v) is 1.55. The van der Waals surface area contributed by atoms with E-state index < -0.39 is 0 Å². The highest BCUT2D eigenvalue weighted by Gasteiger charge is 2.24. The van der Waals surface area contributed by atoms with E-state index in [1.807, 2.05) is 6.92 Å². The molecule has 1 rings (SSSR count). The maximum Gasteiger partial charge on any atom is 0.0833 e. The van der Waals surface area contributed by atoms with Crippen LogP contribution < -0.4 is 0 Å². The van der Waals surface area contributed by atoms with Gasteiger partial charge in [-0.15, -0.1) is 0 Å². The Morgan fingerprint density at radius 2 is 2.27 bits per heavy atom. The van der Waals surface area contributed by atoms with E-state index in [9.17, 15) is 0 Å². The summed E-state index contributed by atoms with van der Waals surface area (Å²) in [6.45, 7) is 5.84. The van der Waals surface area contributed by atoms with Crippen LogP contribution in [-0.2, 0) is 9.47 Å². The van der Waals surface area contributed by atoms with Gasteiger partial charge in [0, 0.05) is 13.0 Å². The standard InChI is InChI=1S/C9H18O2/c1-3-5-8-6-9(7-11-8)10-4-2/h8-9H,3-7H2,1-2H3. The van der Waals surface area contributed by atoms with Crippen molar-refractivity contribution in [1.82, 2.24) is 0 Å². The Hall–Kier alpha value is -0.0800. The zero-order chi connectivity index (χ0) is 8.10. The minimum absolute atomic E-state index is 0.372. The predicted octanol–water partition coefficient (Wildman–Crippen LogP) is 1.98. The molecule has 66 valence electrons. The molecule has 1 aliphatic rings. The molecule has 1 saturated heterocycles. The summed E-state index contributed by atoms with van der Waals surface area (Å²) < 4.78 is 11.0. The number of rotatable bonds is 4. The third kappa shape index (κ3) is 2.80. The second-order valence-electron chi connectivity index (χ2n) is 3.06. The van der Waals surface area contributed by atoms with Crippen LogP contribution in [0.5, 0.6) is 0 Å². The van der Waals surface area contributed by atoms with E-state index in [0.29, 0.717) is 12.2 Å². The first kappa shape index (κ1) is 9.01. The molecule has 2 atom stereocenters. The molecular weight excluding hydrogens is 140 g/mol. The van der Waals surface area contributed by atoms with Gasteiger partial charge in [0.1, 0.15) is 0 Å². The maximum atomic E-state index is 5.53. The Morgan fingerprint density at radius 3 is 2.91 bits per heavy atom. The SMILES string of the molecule is CCCC1CC(OCC)CO1. The monoisotopic (exact) mass is 158 g/mol. The lowest BCUT2D eigenvalue weighted by Crippen LogP contribution is -2.12. The van der Waals surface area contributed by atoms with Gasteiger partial charge in [0.15, 0.2) is 0 Å². The molecule has 0 saturated carbocycles. The molecule has 0 spiro atoms. The van der Waals surface area contributed by atoms with Crippen LogP contribution in [0.4, 0.5) is 0 Å². The van der Waals surface area contributed by atoms with Crippen molar-refractivity contribution in [3.8, 4) is 0 Å². The molecule has 11 heavy (non-hydrogen) atoms. The Balaban J connectivity index is 2.12. The van der Waals surface area contributed by atoms with E-state index in [2.05, 4.69) is 6.92 Å². The van der Waals surface area contributed by atoms with Gasteiger partial charge in [-0.05, 0) is 13.3 Å². The molecule has 1 aliphatic heterocycles. The highest BCUT2D eigenvalue weighted by atomic mass is 16.5. The van der Waals surface area contributed by atoms with Crippen LogP contribution in [0, 0.1) is 0 Å². The van der Waals surface area contributed by atoms with E-state index in [4.69, 9.17) is 9.47 Å². The molecule has 0 aromatic heterocycles. The molecule has 0 aromatic rings. The third-order valence-corrected chi connectivity index (χ3v) is 2.06. The number of hydrogen-bond donors (Lipinski definition) is 0. The van der Waals surface area contributed by atoms with Crippen LogP contribution in [0.25, 0.3) is 0 Å². The van der Waals surface area contributed by atoms with Crippen LogP contribution in [-0.4, -0.2) is 25.4 Å². The highest BCUT2D eigenvalue weighted by molar-refractivity contribution is 4.73. The average molecular weight is 158 g/mol. The molecule has 0 radical (unpaired) electrons. The first-order valence-corrected chi connectivity index (χ1v) is 4.60. The quantitative estimate of drug-likeness (QED) is 0.623. The lowest BCUT2D eigenvalue weighted by atomic mass is 10.1. The molecule has 2 unspecified atom stereocenters. The van der Waals surface area contributed by atoms with E-state index in [1.165, 1.54) is 12.8 Å². The van der Waals surface area contributed by atoms with E-state index in [0.717, 1.165) is 19.6 Å². The fraction of sp³-hybridized carbons (Fsp3) is 1.00. The highest BCUT2D eigenvalue weighted by Crippen LogP contribution is 2.19. The summed E-state index contributed by atoms with van der Waals surface area (Å²) in [4.78, 5) is 0. The smallest absolute Gasteiger partial charge is 0.0833 e. The summed E-state index contributed by atoms with van der Waals surface area (Å²) in [6, 6.07) is 0. The van der Waals surface area contributed by atoms with Crippen molar-refractivity contribution in [2.45, 2.75) is 45.3 Å². The fourth-order valence-electron chi connectivity index (χ4n) is 1.55. The van der Waals surface area contributed by atoms with Gasteiger partial charge in [-0.1, -0.05) is 13.3 Å². The second-order valence-corrected chi connectivity index (χ2v) is 3.06. The molecule has 0 aromatic carbocycles. The van der Waals surface area contributed by atoms with Crippen molar-refractivity contribution in [3.63, 3.8) is 0 Å². The van der Waals surface area contributed by atoms with Gasteiger partial charge in [0.25, 0.3) is 0 Å². The maximum absolute atomic E-state index is 5.53. The predicted molar refractivity (Wildman–Crippen MR) is 44.7 cm³/mol. The molecule has 0 amide bonds. The summed E-state index contributed by atoms with van der Waals surface area (Å²) in [5.74, 6) is 0. The Bertz CT molecular complexity index is 91.7. The van der Waals surface area contributed by atoms with Gasteiger partial charge >= 0.3 is 0 Å². The van der Waals surface area contributed by atoms with Crippen LogP contribution in [0.1, 0.15) is 33.1 Å². The zero-order valence-corrected chi connectivity index (χ0v) is 7.51. The summed E-state index contributed by atoms with van der Waals surface area (Å²) >= 11 is 0. The van der Waals surface area contributed by atoms with Gasteiger partial charge < -0.3 is 9.47 Å². The van der Waals surface area contributed by atoms with Crippen LogP contribution in [0.15, 0.2) is 0 Å². The molecule has 1 heterocycles. The largest absolute Gasteiger partial charge is 0.376 e. The van der Waals surface area contributed by atoms with Crippen molar-refractivity contribution in [2.75, 3.05) is 13.2 Å². The van der Waals surface area contributed by atoms with E-state index >= 15 is 0 Å². The molecular formula is C9H18O2. The van der Waals surface area contributed by atoms with Crippen molar-refractivity contribution in [3.05, 3.63) is 0 Å². The Morgan fingerprint density at radius 1 is 1.45 bits per heavy atom. The molecule has 0 aliphatic carbocycles. The summed E-state index contributed by atoms with van der Waals surface area (Å²) in [5, 5.41) is 0. The first-order chi connectivity index (χ1) is 5.36. The van der Waals surface area contributed by atoms with Crippen LogP contribution >= 0.6 is 0 Å². The van der Waals surface area contributed by atoms with Gasteiger partial charge in [0.2, 0.25) is 0 Å². The summed E-state index contributed by atoms with van der Waals surface area (Å²) in [7, 11) is 0. The minimum Gasteiger partial charge on any atom is -0.376 e. The number of ether oxygens (including phenoxy) is 2. The van der Waals surface area contributed by atoms with Gasteiger partial charge in [-0.25, -0.2) is 0 Å². The lowest BCUT2D eigenvalue weighted by Gasteiger charge is -2.07. The Kier molecular flexibility index (Phi) is 3.87. The summed E-state index contributed by atoms with van der Waals surface area (Å²) in [5.41, 5.74) is 0. The lowest BCUT2D eigenvalue weighted by molar-refractivity contribution is 0.0430. The Labute approximate surface area is 68.9 Å². The van der Waals surface area contributed by atoms with Crippen molar-refractivity contribution >= 4 is 0 Å².